The number of aliphatic hydroxyl groups is 1. The Morgan fingerprint density at radius 2 is 1.56 bits per heavy atom. The van der Waals surface area contributed by atoms with E-state index in [1.807, 2.05) is 131 Å². The molecule has 6 amide bonds. The van der Waals surface area contributed by atoms with Crippen LogP contribution in [0.15, 0.2) is 116 Å². The van der Waals surface area contributed by atoms with Crippen LogP contribution in [0.5, 0.6) is 0 Å². The summed E-state index contributed by atoms with van der Waals surface area (Å²) in [5.41, 5.74) is 8.53. The lowest BCUT2D eigenvalue weighted by Gasteiger charge is -2.37. The van der Waals surface area contributed by atoms with Crippen molar-refractivity contribution in [3.63, 3.8) is 0 Å². The summed E-state index contributed by atoms with van der Waals surface area (Å²) in [6.07, 6.45) is 3.98. The van der Waals surface area contributed by atoms with E-state index in [0.717, 1.165) is 38.9 Å². The number of rotatable bonds is 20. The number of para-hydroxylation sites is 1. The maximum Gasteiger partial charge on any atom is 0.318 e. The van der Waals surface area contributed by atoms with Gasteiger partial charge in [-0.05, 0) is 59.2 Å². The quantitative estimate of drug-likeness (QED) is 0.0601. The number of hydrogen-bond acceptors (Lipinski definition) is 8. The second-order valence-electron chi connectivity index (χ2n) is 17.1. The van der Waals surface area contributed by atoms with E-state index in [9.17, 15) is 24.3 Å². The minimum atomic E-state index is -1.16. The van der Waals surface area contributed by atoms with E-state index in [0.29, 0.717) is 45.4 Å². The molecular weight excluding hydrogens is 807 g/mol. The molecule has 0 spiro atoms. The summed E-state index contributed by atoms with van der Waals surface area (Å²) in [6, 6.07) is 30.4. The molecule has 7 rings (SSSR count). The highest BCUT2D eigenvalue weighted by Gasteiger charge is 2.43. The largest absolute Gasteiger partial charge is 0.390 e. The zero-order valence-corrected chi connectivity index (χ0v) is 37.2. The van der Waals surface area contributed by atoms with Gasteiger partial charge in [0.15, 0.2) is 0 Å². The minimum Gasteiger partial charge on any atom is -0.390 e. The van der Waals surface area contributed by atoms with Gasteiger partial charge in [0.05, 0.1) is 41.9 Å². The van der Waals surface area contributed by atoms with Gasteiger partial charge in [-0.15, -0.1) is 0 Å². The lowest BCUT2D eigenvalue weighted by atomic mass is 9.83. The molecule has 0 saturated carbocycles. The molecule has 7 unspecified atom stereocenters. The van der Waals surface area contributed by atoms with E-state index in [-0.39, 0.29) is 48.8 Å². The Morgan fingerprint density at radius 1 is 0.828 bits per heavy atom. The predicted molar refractivity (Wildman–Crippen MR) is 247 cm³/mol. The van der Waals surface area contributed by atoms with Gasteiger partial charge in [-0.25, -0.2) is 15.0 Å². The van der Waals surface area contributed by atoms with Crippen LogP contribution < -0.4 is 21.4 Å². The molecule has 3 aromatic carbocycles. The SMILES string of the molecule is CCC(C)C(C(=O)NC(Cc1ccccc1)C(O)CNN(Cc1ccc(-c2ccccn2)cc1)C(=O)C(C(C)CC)N1CCNC1=O)C1CNC(=O)N1Cc1ccnc2ccccc12. The van der Waals surface area contributed by atoms with Gasteiger partial charge >= 0.3 is 12.1 Å². The summed E-state index contributed by atoms with van der Waals surface area (Å²) >= 11 is 0. The van der Waals surface area contributed by atoms with Crippen molar-refractivity contribution in [1.82, 2.24) is 46.2 Å². The topological polar surface area (TPSA) is 172 Å². The van der Waals surface area contributed by atoms with Crippen molar-refractivity contribution in [3.05, 3.63) is 132 Å². The van der Waals surface area contributed by atoms with E-state index in [4.69, 9.17) is 0 Å². The third kappa shape index (κ3) is 10.7. The molecule has 7 atom stereocenters. The molecule has 2 aliphatic heterocycles. The summed E-state index contributed by atoms with van der Waals surface area (Å²) in [5, 5.41) is 23.7. The summed E-state index contributed by atoms with van der Waals surface area (Å²) in [4.78, 5) is 68.5. The highest BCUT2D eigenvalue weighted by molar-refractivity contribution is 5.88. The summed E-state index contributed by atoms with van der Waals surface area (Å²) in [7, 11) is 0. The van der Waals surface area contributed by atoms with Crippen molar-refractivity contribution in [2.24, 2.45) is 17.8 Å². The van der Waals surface area contributed by atoms with Gasteiger partial charge < -0.3 is 30.9 Å². The van der Waals surface area contributed by atoms with Crippen LogP contribution in [-0.4, -0.2) is 104 Å². The maximum absolute atomic E-state index is 14.8. The normalized spacial score (nSPS) is 17.9. The molecule has 5 aromatic rings. The third-order valence-electron chi connectivity index (χ3n) is 12.9. The first-order valence-corrected chi connectivity index (χ1v) is 22.5. The Balaban J connectivity index is 1.14. The fourth-order valence-electron chi connectivity index (χ4n) is 8.91. The molecule has 14 heteroatoms. The van der Waals surface area contributed by atoms with E-state index < -0.39 is 30.1 Å². The van der Waals surface area contributed by atoms with E-state index in [1.165, 1.54) is 5.01 Å². The number of pyridine rings is 2. The highest BCUT2D eigenvalue weighted by atomic mass is 16.3. The number of carbonyl (C=O) groups excluding carboxylic acids is 4. The number of hydrogen-bond donors (Lipinski definition) is 5. The molecule has 14 nitrogen and oxygen atoms in total. The van der Waals surface area contributed by atoms with Gasteiger partial charge in [0, 0.05) is 56.1 Å². The Morgan fingerprint density at radius 3 is 2.27 bits per heavy atom. The number of hydrazine groups is 1. The minimum absolute atomic E-state index is 0.0896. The van der Waals surface area contributed by atoms with Gasteiger partial charge in [0.2, 0.25) is 5.91 Å². The third-order valence-corrected chi connectivity index (χ3v) is 12.9. The van der Waals surface area contributed by atoms with Crippen molar-refractivity contribution in [1.29, 1.82) is 0 Å². The fourth-order valence-corrected chi connectivity index (χ4v) is 8.91. The number of aromatic nitrogens is 2. The van der Waals surface area contributed by atoms with Crippen LogP contribution in [0.1, 0.15) is 57.2 Å². The number of carbonyl (C=O) groups is 4. The highest BCUT2D eigenvalue weighted by Crippen LogP contribution is 2.30. The van der Waals surface area contributed by atoms with Crippen LogP contribution in [0.3, 0.4) is 0 Å². The standard InChI is InChI=1S/C50H61N9O5/c1-5-33(3)45(43-29-54-50(64)58(43)32-38-23-25-52-41-18-11-10-16-39(38)41)47(61)56-42(28-35-14-8-7-9-15-35)44(60)30-55-59(48(62)46(34(4)6-2)57-27-26-53-49(57)63)31-36-19-21-37(22-20-36)40-17-12-13-24-51-40/h7-25,33-34,42-46,55,60H,5-6,26-32H2,1-4H3,(H,53,63)(H,54,64)(H,56,61). The van der Waals surface area contributed by atoms with E-state index in [2.05, 4.69) is 31.3 Å². The molecule has 5 N–H and O–H groups in total. The molecule has 336 valence electrons. The Kier molecular flexibility index (Phi) is 15.2. The summed E-state index contributed by atoms with van der Waals surface area (Å²) in [6.45, 7) is 9.52. The van der Waals surface area contributed by atoms with Crippen molar-refractivity contribution >= 4 is 34.8 Å². The Labute approximate surface area is 375 Å². The van der Waals surface area contributed by atoms with Crippen LogP contribution in [0.2, 0.25) is 0 Å². The van der Waals surface area contributed by atoms with Crippen molar-refractivity contribution in [2.45, 2.75) is 84.3 Å². The molecule has 2 fully saturated rings. The van der Waals surface area contributed by atoms with Crippen molar-refractivity contribution < 1.29 is 24.3 Å². The first kappa shape index (κ1) is 45.6. The summed E-state index contributed by atoms with van der Waals surface area (Å²) < 4.78 is 0. The average molecular weight is 868 g/mol. The first-order valence-electron chi connectivity index (χ1n) is 22.5. The predicted octanol–water partition coefficient (Wildman–Crippen LogP) is 5.91. The number of nitrogens with one attached hydrogen (secondary N) is 4. The van der Waals surface area contributed by atoms with E-state index in [1.54, 1.807) is 22.2 Å². The van der Waals surface area contributed by atoms with Crippen molar-refractivity contribution in [2.75, 3.05) is 26.2 Å². The van der Waals surface area contributed by atoms with Crippen LogP contribution >= 0.6 is 0 Å². The molecule has 64 heavy (non-hydrogen) atoms. The molecule has 4 heterocycles. The molecule has 0 radical (unpaired) electrons. The lowest BCUT2D eigenvalue weighted by Crippen LogP contribution is -2.59. The Bertz CT molecular complexity index is 2350. The van der Waals surface area contributed by atoms with Crippen LogP contribution in [0.25, 0.3) is 22.2 Å². The molecule has 2 aliphatic rings. The van der Waals surface area contributed by atoms with Gasteiger partial charge in [0.1, 0.15) is 6.04 Å². The molecule has 2 aromatic heterocycles. The second kappa shape index (κ2) is 21.3. The maximum atomic E-state index is 14.8. The zero-order chi connectivity index (χ0) is 45.2. The molecular formula is C50H61N9O5. The first-order chi connectivity index (χ1) is 31.1. The molecule has 2 saturated heterocycles. The lowest BCUT2D eigenvalue weighted by molar-refractivity contribution is -0.142. The van der Waals surface area contributed by atoms with Crippen LogP contribution in [0, 0.1) is 17.8 Å². The fraction of sp³-hybridized carbons (Fsp3) is 0.400. The average Bonchev–Trinajstić information content (AvgIpc) is 3.91. The van der Waals surface area contributed by atoms with Crippen molar-refractivity contribution in [3.8, 4) is 11.3 Å². The van der Waals surface area contributed by atoms with Gasteiger partial charge in [-0.3, -0.25) is 24.6 Å². The second-order valence-corrected chi connectivity index (χ2v) is 17.1. The number of urea groups is 2. The number of fused-ring (bicyclic) bond motifs is 1. The summed E-state index contributed by atoms with van der Waals surface area (Å²) in [5.74, 6) is -1.44. The van der Waals surface area contributed by atoms with Gasteiger partial charge in [0.25, 0.3) is 5.91 Å². The van der Waals surface area contributed by atoms with Crippen LogP contribution in [-0.2, 0) is 29.1 Å². The number of aliphatic hydroxyl groups excluding tert-OH is 1. The monoisotopic (exact) mass is 867 g/mol. The zero-order valence-electron chi connectivity index (χ0n) is 37.2. The number of benzene rings is 3. The number of amides is 6. The molecule has 0 bridgehead atoms. The molecule has 0 aliphatic carbocycles. The number of nitrogens with zero attached hydrogens (tertiary/aromatic N) is 5. The van der Waals surface area contributed by atoms with E-state index >= 15 is 0 Å². The van der Waals surface area contributed by atoms with Gasteiger partial charge in [-0.2, -0.15) is 0 Å². The Hall–Kier alpha value is -6.38. The van der Waals surface area contributed by atoms with Gasteiger partial charge in [-0.1, -0.05) is 119 Å². The van der Waals surface area contributed by atoms with Crippen LogP contribution in [0.4, 0.5) is 9.59 Å². The smallest absolute Gasteiger partial charge is 0.318 e.